The third kappa shape index (κ3) is 1.89. The van der Waals surface area contributed by atoms with Gasteiger partial charge in [0.2, 0.25) is 0 Å². The van der Waals surface area contributed by atoms with Crippen molar-refractivity contribution in [3.63, 3.8) is 0 Å². The first kappa shape index (κ1) is 14.0. The van der Waals surface area contributed by atoms with Gasteiger partial charge in [-0.1, -0.05) is 17.7 Å². The molecule has 0 spiro atoms. The molecule has 4 fully saturated rings. The van der Waals surface area contributed by atoms with E-state index in [2.05, 4.69) is 9.93 Å². The van der Waals surface area contributed by atoms with Crippen LogP contribution in [-0.4, -0.2) is 14.1 Å². The highest BCUT2D eigenvalue weighted by atomic mass is 32.2. The van der Waals surface area contributed by atoms with Crippen LogP contribution in [0.15, 0.2) is 34.3 Å². The molecule has 0 saturated heterocycles. The van der Waals surface area contributed by atoms with Crippen molar-refractivity contribution in [1.29, 1.82) is 0 Å². The predicted molar refractivity (Wildman–Crippen MR) is 88.3 cm³/mol. The number of nitrogens with zero attached hydrogens (tertiary/aromatic N) is 1. The number of rotatable bonds is 3. The first-order chi connectivity index (χ1) is 11.0. The Kier molecular flexibility index (Phi) is 2.80. The lowest BCUT2D eigenvalue weighted by Crippen LogP contribution is -2.26. The number of fused-ring (bicyclic) bond motifs is 2. The molecule has 4 aliphatic rings. The van der Waals surface area contributed by atoms with Crippen molar-refractivity contribution in [2.24, 2.45) is 40.6 Å². The van der Waals surface area contributed by atoms with Crippen LogP contribution in [0, 0.1) is 42.4 Å². The molecule has 6 atom stereocenters. The quantitative estimate of drug-likeness (QED) is 0.866. The fourth-order valence-electron chi connectivity index (χ4n) is 6.18. The van der Waals surface area contributed by atoms with Crippen LogP contribution in [0.5, 0.6) is 0 Å². The molecule has 0 aromatic heterocycles. The number of benzene rings is 1. The standard InChI is InChI=1S/C18H22N2O2S/c1-10-2-4-11(5-3-10)23(21,22)20-19-17-9-15-12-6-7-13-14(12)8-16(15)18(13)17/h2-5,12-16,18,20H,6-9H2,1H3/b19-17-/t12-,13-,14-,15-,16+,18-/m1/s1. The number of aryl methyl sites for hydroxylation is 1. The molecule has 1 aromatic rings. The smallest absolute Gasteiger partial charge is 0.200 e. The first-order valence-corrected chi connectivity index (χ1v) is 10.2. The van der Waals surface area contributed by atoms with E-state index in [0.29, 0.717) is 10.8 Å². The maximum Gasteiger partial charge on any atom is 0.276 e. The summed E-state index contributed by atoms with van der Waals surface area (Å²) >= 11 is 0. The van der Waals surface area contributed by atoms with Crippen LogP contribution >= 0.6 is 0 Å². The van der Waals surface area contributed by atoms with E-state index in [0.717, 1.165) is 47.3 Å². The lowest BCUT2D eigenvalue weighted by molar-refractivity contribution is 0.235. The third-order valence-electron chi connectivity index (χ3n) is 6.97. The van der Waals surface area contributed by atoms with E-state index < -0.39 is 10.0 Å². The minimum atomic E-state index is -3.55. The van der Waals surface area contributed by atoms with Gasteiger partial charge < -0.3 is 0 Å². The molecule has 0 amide bonds. The molecule has 2 bridgehead atoms. The molecule has 0 aliphatic heterocycles. The van der Waals surface area contributed by atoms with Gasteiger partial charge in [-0.05, 0) is 74.3 Å². The largest absolute Gasteiger partial charge is 0.276 e. The van der Waals surface area contributed by atoms with Crippen molar-refractivity contribution >= 4 is 15.7 Å². The molecular formula is C18H22N2O2S. The summed E-state index contributed by atoms with van der Waals surface area (Å²) in [4.78, 5) is 2.80. The summed E-state index contributed by atoms with van der Waals surface area (Å²) in [5.41, 5.74) is 2.18. The molecule has 122 valence electrons. The van der Waals surface area contributed by atoms with Gasteiger partial charge in [-0.25, -0.2) is 4.83 Å². The Labute approximate surface area is 137 Å². The van der Waals surface area contributed by atoms with Crippen LogP contribution in [0.3, 0.4) is 0 Å². The van der Waals surface area contributed by atoms with Crippen LogP contribution in [0.2, 0.25) is 0 Å². The zero-order chi connectivity index (χ0) is 15.8. The Bertz CT molecular complexity index is 780. The van der Waals surface area contributed by atoms with Gasteiger partial charge in [-0.2, -0.15) is 13.5 Å². The molecule has 5 rings (SSSR count). The Hall–Kier alpha value is -1.36. The van der Waals surface area contributed by atoms with Crippen molar-refractivity contribution in [2.75, 3.05) is 0 Å². The van der Waals surface area contributed by atoms with Crippen molar-refractivity contribution in [3.8, 4) is 0 Å². The Morgan fingerprint density at radius 1 is 1.00 bits per heavy atom. The van der Waals surface area contributed by atoms with Crippen LogP contribution in [0.25, 0.3) is 0 Å². The molecule has 0 radical (unpaired) electrons. The molecule has 4 nitrogen and oxygen atoms in total. The van der Waals surface area contributed by atoms with E-state index in [1.807, 2.05) is 19.1 Å². The summed E-state index contributed by atoms with van der Waals surface area (Å²) in [5.74, 6) is 4.74. The highest BCUT2D eigenvalue weighted by Gasteiger charge is 2.65. The second-order valence-electron chi connectivity index (χ2n) is 7.87. The van der Waals surface area contributed by atoms with Gasteiger partial charge in [0.15, 0.2) is 0 Å². The second-order valence-corrected chi connectivity index (χ2v) is 9.53. The average molecular weight is 330 g/mol. The summed E-state index contributed by atoms with van der Waals surface area (Å²) in [6.07, 6.45) is 5.12. The van der Waals surface area contributed by atoms with Crippen LogP contribution in [0.4, 0.5) is 0 Å². The van der Waals surface area contributed by atoms with E-state index in [9.17, 15) is 8.42 Å². The zero-order valence-electron chi connectivity index (χ0n) is 13.3. The summed E-state index contributed by atoms with van der Waals surface area (Å²) in [6, 6.07) is 6.92. The lowest BCUT2D eigenvalue weighted by Gasteiger charge is -2.25. The van der Waals surface area contributed by atoms with Gasteiger partial charge in [0.1, 0.15) is 0 Å². The van der Waals surface area contributed by atoms with Gasteiger partial charge in [0.25, 0.3) is 10.0 Å². The number of hydrazone groups is 1. The molecule has 1 aromatic carbocycles. The van der Waals surface area contributed by atoms with Gasteiger partial charge in [-0.3, -0.25) is 0 Å². The summed E-state index contributed by atoms with van der Waals surface area (Å²) in [7, 11) is -3.55. The summed E-state index contributed by atoms with van der Waals surface area (Å²) in [5, 5.41) is 4.41. The first-order valence-electron chi connectivity index (χ1n) is 8.69. The van der Waals surface area contributed by atoms with E-state index in [-0.39, 0.29) is 0 Å². The molecule has 0 heterocycles. The van der Waals surface area contributed by atoms with Gasteiger partial charge in [0.05, 0.1) is 4.90 Å². The van der Waals surface area contributed by atoms with Gasteiger partial charge >= 0.3 is 0 Å². The third-order valence-corrected chi connectivity index (χ3v) is 8.19. The van der Waals surface area contributed by atoms with Gasteiger partial charge in [0, 0.05) is 11.6 Å². The number of hydrogen-bond acceptors (Lipinski definition) is 3. The van der Waals surface area contributed by atoms with E-state index in [1.165, 1.54) is 19.3 Å². The molecular weight excluding hydrogens is 308 g/mol. The van der Waals surface area contributed by atoms with Gasteiger partial charge in [-0.15, -0.1) is 0 Å². The molecule has 4 aliphatic carbocycles. The van der Waals surface area contributed by atoms with Crippen molar-refractivity contribution < 1.29 is 8.42 Å². The summed E-state index contributed by atoms with van der Waals surface area (Å²) < 4.78 is 24.9. The normalized spacial score (nSPS) is 41.9. The SMILES string of the molecule is Cc1ccc(S(=O)(=O)N/N=C2/C[C@@H]3[C@@H]4CC[C@@H]5[C@@H]4C[C@@H]3[C@H]25)cc1. The van der Waals surface area contributed by atoms with Crippen molar-refractivity contribution in [3.05, 3.63) is 29.8 Å². The Morgan fingerprint density at radius 2 is 1.74 bits per heavy atom. The van der Waals surface area contributed by atoms with E-state index in [1.54, 1.807) is 12.1 Å². The highest BCUT2D eigenvalue weighted by molar-refractivity contribution is 7.89. The minimum absolute atomic E-state index is 0.291. The Morgan fingerprint density at radius 3 is 2.52 bits per heavy atom. The monoisotopic (exact) mass is 330 g/mol. The Balaban J connectivity index is 1.40. The van der Waals surface area contributed by atoms with E-state index >= 15 is 0 Å². The van der Waals surface area contributed by atoms with Crippen LogP contribution in [0.1, 0.15) is 31.2 Å². The number of nitrogens with one attached hydrogen (secondary N) is 1. The topological polar surface area (TPSA) is 58.5 Å². The molecule has 5 heteroatoms. The van der Waals surface area contributed by atoms with Crippen molar-refractivity contribution in [2.45, 2.75) is 37.5 Å². The second kappa shape index (κ2) is 4.59. The number of hydrogen-bond donors (Lipinski definition) is 1. The molecule has 23 heavy (non-hydrogen) atoms. The maximum atomic E-state index is 12.4. The average Bonchev–Trinajstić information content (AvgIpc) is 3.15. The predicted octanol–water partition coefficient (Wildman–Crippen LogP) is 2.94. The molecule has 1 N–H and O–H groups in total. The fraction of sp³-hybridized carbons (Fsp3) is 0.611. The van der Waals surface area contributed by atoms with Crippen molar-refractivity contribution in [1.82, 2.24) is 4.83 Å². The van der Waals surface area contributed by atoms with Crippen LogP contribution < -0.4 is 4.83 Å². The molecule has 4 saturated carbocycles. The maximum absolute atomic E-state index is 12.4. The summed E-state index contributed by atoms with van der Waals surface area (Å²) in [6.45, 7) is 1.95. The highest BCUT2D eigenvalue weighted by Crippen LogP contribution is 2.69. The minimum Gasteiger partial charge on any atom is -0.200 e. The zero-order valence-corrected chi connectivity index (χ0v) is 14.1. The van der Waals surface area contributed by atoms with Crippen LogP contribution in [-0.2, 0) is 10.0 Å². The van der Waals surface area contributed by atoms with E-state index in [4.69, 9.17) is 0 Å². The molecule has 0 unspecified atom stereocenters. The number of sulfonamides is 1. The lowest BCUT2D eigenvalue weighted by atomic mass is 9.80. The fourth-order valence-corrected chi connectivity index (χ4v) is 7.02.